The molecule has 0 spiro atoms. The standard InChI is InChI=1S/C17H16N4O3S/c1-10(22)18-17-21-14-7-6-12(9-15(14)25-17)20-16(23)19-11-4-3-5-13(8-11)24-2/h3-9H,1-2H3,(H,18,21,22)(H2,19,20,23). The summed E-state index contributed by atoms with van der Waals surface area (Å²) in [6.45, 7) is 1.43. The summed E-state index contributed by atoms with van der Waals surface area (Å²) in [7, 11) is 1.57. The van der Waals surface area contributed by atoms with Gasteiger partial charge >= 0.3 is 6.03 Å². The molecule has 0 radical (unpaired) electrons. The normalized spacial score (nSPS) is 10.3. The van der Waals surface area contributed by atoms with Crippen molar-refractivity contribution in [1.82, 2.24) is 4.98 Å². The lowest BCUT2D eigenvalue weighted by atomic mass is 10.3. The van der Waals surface area contributed by atoms with Crippen molar-refractivity contribution in [2.45, 2.75) is 6.92 Å². The number of carbonyl (C=O) groups excluding carboxylic acids is 2. The van der Waals surface area contributed by atoms with E-state index in [1.807, 2.05) is 6.07 Å². The Balaban J connectivity index is 1.71. The number of rotatable bonds is 4. The summed E-state index contributed by atoms with van der Waals surface area (Å²) in [5.74, 6) is 0.490. The second-order valence-electron chi connectivity index (χ2n) is 5.19. The first-order valence-corrected chi connectivity index (χ1v) is 8.25. The number of amides is 3. The van der Waals surface area contributed by atoms with Gasteiger partial charge in [-0.2, -0.15) is 0 Å². The van der Waals surface area contributed by atoms with E-state index in [9.17, 15) is 9.59 Å². The molecule has 3 aromatic rings. The van der Waals surface area contributed by atoms with Crippen LogP contribution in [0.5, 0.6) is 5.75 Å². The van der Waals surface area contributed by atoms with Crippen LogP contribution in [-0.2, 0) is 4.79 Å². The van der Waals surface area contributed by atoms with Gasteiger partial charge in [-0.25, -0.2) is 9.78 Å². The van der Waals surface area contributed by atoms with Gasteiger partial charge in [0.25, 0.3) is 0 Å². The molecule has 7 nitrogen and oxygen atoms in total. The van der Waals surface area contributed by atoms with Crippen molar-refractivity contribution in [3.05, 3.63) is 42.5 Å². The number of benzene rings is 2. The molecule has 3 N–H and O–H groups in total. The van der Waals surface area contributed by atoms with Gasteiger partial charge < -0.3 is 20.7 Å². The van der Waals surface area contributed by atoms with E-state index in [-0.39, 0.29) is 11.9 Å². The summed E-state index contributed by atoms with van der Waals surface area (Å²) >= 11 is 1.34. The molecule has 0 saturated heterocycles. The summed E-state index contributed by atoms with van der Waals surface area (Å²) in [5, 5.41) is 8.70. The van der Waals surface area contributed by atoms with Crippen LogP contribution in [0.25, 0.3) is 10.2 Å². The zero-order valence-corrected chi connectivity index (χ0v) is 14.4. The first-order chi connectivity index (χ1) is 12.0. The van der Waals surface area contributed by atoms with E-state index in [2.05, 4.69) is 20.9 Å². The Bertz CT molecular complexity index is 939. The zero-order valence-electron chi connectivity index (χ0n) is 13.6. The molecule has 1 heterocycles. The summed E-state index contributed by atoms with van der Waals surface area (Å²) in [4.78, 5) is 27.5. The first kappa shape index (κ1) is 16.7. The second-order valence-corrected chi connectivity index (χ2v) is 6.22. The Labute approximate surface area is 148 Å². The fourth-order valence-corrected chi connectivity index (χ4v) is 3.15. The van der Waals surface area contributed by atoms with Crippen LogP contribution in [0, 0.1) is 0 Å². The highest BCUT2D eigenvalue weighted by Crippen LogP contribution is 2.28. The van der Waals surface area contributed by atoms with Gasteiger partial charge in [0.2, 0.25) is 5.91 Å². The lowest BCUT2D eigenvalue weighted by molar-refractivity contribution is -0.114. The maximum absolute atomic E-state index is 12.1. The molecule has 8 heteroatoms. The molecule has 3 rings (SSSR count). The van der Waals surface area contributed by atoms with Crippen LogP contribution in [0.3, 0.4) is 0 Å². The van der Waals surface area contributed by atoms with Gasteiger partial charge in [-0.3, -0.25) is 4.79 Å². The number of anilines is 3. The van der Waals surface area contributed by atoms with Crippen LogP contribution in [-0.4, -0.2) is 24.0 Å². The molecule has 0 atom stereocenters. The number of aromatic nitrogens is 1. The number of hydrogen-bond acceptors (Lipinski definition) is 5. The van der Waals surface area contributed by atoms with E-state index in [0.717, 1.165) is 10.2 Å². The fraction of sp³-hybridized carbons (Fsp3) is 0.118. The third kappa shape index (κ3) is 4.24. The Hall–Kier alpha value is -3.13. The Morgan fingerprint density at radius 2 is 1.80 bits per heavy atom. The first-order valence-electron chi connectivity index (χ1n) is 7.44. The number of ether oxygens (including phenoxy) is 1. The van der Waals surface area contributed by atoms with Gasteiger partial charge in [-0.1, -0.05) is 17.4 Å². The topological polar surface area (TPSA) is 92.3 Å². The number of carbonyl (C=O) groups is 2. The second kappa shape index (κ2) is 7.18. The highest BCUT2D eigenvalue weighted by atomic mass is 32.1. The van der Waals surface area contributed by atoms with E-state index in [1.165, 1.54) is 18.3 Å². The van der Waals surface area contributed by atoms with Crippen molar-refractivity contribution < 1.29 is 14.3 Å². The van der Waals surface area contributed by atoms with E-state index >= 15 is 0 Å². The highest BCUT2D eigenvalue weighted by Gasteiger charge is 2.08. The quantitative estimate of drug-likeness (QED) is 0.661. The summed E-state index contributed by atoms with van der Waals surface area (Å²) in [6.07, 6.45) is 0. The minimum atomic E-state index is -0.362. The monoisotopic (exact) mass is 356 g/mol. The van der Waals surface area contributed by atoms with Crippen molar-refractivity contribution in [3.8, 4) is 5.75 Å². The number of urea groups is 1. The van der Waals surface area contributed by atoms with Crippen LogP contribution >= 0.6 is 11.3 Å². The van der Waals surface area contributed by atoms with Crippen LogP contribution in [0.4, 0.5) is 21.3 Å². The number of thiazole rings is 1. The van der Waals surface area contributed by atoms with E-state index in [0.29, 0.717) is 22.3 Å². The highest BCUT2D eigenvalue weighted by molar-refractivity contribution is 7.22. The summed E-state index contributed by atoms with van der Waals surface area (Å²) in [5.41, 5.74) is 2.02. The third-order valence-corrected chi connectivity index (χ3v) is 4.19. The van der Waals surface area contributed by atoms with Crippen molar-refractivity contribution in [1.29, 1.82) is 0 Å². The van der Waals surface area contributed by atoms with Crippen LogP contribution < -0.4 is 20.7 Å². The van der Waals surface area contributed by atoms with Crippen molar-refractivity contribution >= 4 is 50.0 Å². The molecule has 0 bridgehead atoms. The number of nitrogens with one attached hydrogen (secondary N) is 3. The minimum absolute atomic E-state index is 0.171. The molecular formula is C17H16N4O3S. The van der Waals surface area contributed by atoms with Crippen molar-refractivity contribution in [2.24, 2.45) is 0 Å². The van der Waals surface area contributed by atoms with Crippen LogP contribution in [0.15, 0.2) is 42.5 Å². The number of hydrogen-bond donors (Lipinski definition) is 3. The van der Waals surface area contributed by atoms with Gasteiger partial charge in [-0.05, 0) is 30.3 Å². The molecule has 3 amide bonds. The SMILES string of the molecule is COc1cccc(NC(=O)Nc2ccc3nc(NC(C)=O)sc3c2)c1. The van der Waals surface area contributed by atoms with Gasteiger partial charge in [0.05, 0.1) is 17.3 Å². The smallest absolute Gasteiger partial charge is 0.323 e. The lowest BCUT2D eigenvalue weighted by Crippen LogP contribution is -2.19. The molecule has 0 fully saturated rings. The van der Waals surface area contributed by atoms with Gasteiger partial charge in [-0.15, -0.1) is 0 Å². The van der Waals surface area contributed by atoms with E-state index in [4.69, 9.17) is 4.74 Å². The van der Waals surface area contributed by atoms with Crippen molar-refractivity contribution in [3.63, 3.8) is 0 Å². The lowest BCUT2D eigenvalue weighted by Gasteiger charge is -2.08. The van der Waals surface area contributed by atoms with E-state index < -0.39 is 0 Å². The van der Waals surface area contributed by atoms with Crippen LogP contribution in [0.2, 0.25) is 0 Å². The van der Waals surface area contributed by atoms with Gasteiger partial charge in [0, 0.05) is 24.4 Å². The molecule has 25 heavy (non-hydrogen) atoms. The number of nitrogens with zero attached hydrogens (tertiary/aromatic N) is 1. The predicted molar refractivity (Wildman–Crippen MR) is 99.6 cm³/mol. The molecule has 0 aliphatic heterocycles. The molecule has 128 valence electrons. The molecule has 0 aliphatic rings. The largest absolute Gasteiger partial charge is 0.497 e. The molecule has 1 aromatic heterocycles. The molecule has 0 saturated carbocycles. The molecular weight excluding hydrogens is 340 g/mol. The van der Waals surface area contributed by atoms with Crippen molar-refractivity contribution in [2.75, 3.05) is 23.1 Å². The molecule has 0 unspecified atom stereocenters. The molecule has 0 aliphatic carbocycles. The Kier molecular flexibility index (Phi) is 4.80. The predicted octanol–water partition coefficient (Wildman–Crippen LogP) is 3.91. The zero-order chi connectivity index (χ0) is 17.8. The fourth-order valence-electron chi connectivity index (χ4n) is 2.20. The van der Waals surface area contributed by atoms with Gasteiger partial charge in [0.15, 0.2) is 5.13 Å². The average Bonchev–Trinajstić information content (AvgIpc) is 2.95. The number of methoxy groups -OCH3 is 1. The van der Waals surface area contributed by atoms with Gasteiger partial charge in [0.1, 0.15) is 5.75 Å². The van der Waals surface area contributed by atoms with E-state index in [1.54, 1.807) is 43.5 Å². The Morgan fingerprint density at radius 3 is 2.52 bits per heavy atom. The number of fused-ring (bicyclic) bond motifs is 1. The maximum Gasteiger partial charge on any atom is 0.323 e. The third-order valence-electron chi connectivity index (χ3n) is 3.26. The maximum atomic E-state index is 12.1. The summed E-state index contributed by atoms with van der Waals surface area (Å²) < 4.78 is 5.99. The van der Waals surface area contributed by atoms with Crippen LogP contribution in [0.1, 0.15) is 6.92 Å². The molecule has 2 aromatic carbocycles. The summed E-state index contributed by atoms with van der Waals surface area (Å²) in [6, 6.07) is 12.1. The minimum Gasteiger partial charge on any atom is -0.497 e. The average molecular weight is 356 g/mol. The Morgan fingerprint density at radius 1 is 1.04 bits per heavy atom.